The number of alkyl halides is 1. The first-order valence-electron chi connectivity index (χ1n) is 12.4. The zero-order chi connectivity index (χ0) is 26.5. The molecule has 198 valence electrons. The lowest BCUT2D eigenvalue weighted by molar-refractivity contribution is 0.124. The van der Waals surface area contributed by atoms with Gasteiger partial charge >= 0.3 is 0 Å². The van der Waals surface area contributed by atoms with Crippen molar-refractivity contribution in [2.24, 2.45) is 0 Å². The molecule has 4 aromatic rings. The molecule has 2 aromatic carbocycles. The van der Waals surface area contributed by atoms with E-state index in [1.165, 1.54) is 0 Å². The molecule has 1 aliphatic heterocycles. The van der Waals surface area contributed by atoms with Gasteiger partial charge in [0, 0.05) is 30.3 Å². The molecule has 3 heterocycles. The summed E-state index contributed by atoms with van der Waals surface area (Å²) in [6.45, 7) is 3.32. The van der Waals surface area contributed by atoms with E-state index in [0.717, 1.165) is 35.4 Å². The number of hydrogen-bond acceptors (Lipinski definition) is 10. The van der Waals surface area contributed by atoms with Gasteiger partial charge in [-0.2, -0.15) is 0 Å². The Bertz CT molecular complexity index is 1340. The van der Waals surface area contributed by atoms with Crippen LogP contribution in [-0.4, -0.2) is 59.2 Å². The predicted octanol–water partition coefficient (Wildman–Crippen LogP) is 4.05. The number of nitrogen functional groups attached to an aromatic ring is 1. The molecular weight excluding hydrogens is 489 g/mol. The molecule has 1 fully saturated rings. The highest BCUT2D eigenvalue weighted by Gasteiger charge is 2.24. The molecule has 0 spiro atoms. The molecule has 2 aromatic heterocycles. The van der Waals surface area contributed by atoms with E-state index in [4.69, 9.17) is 19.7 Å². The second kappa shape index (κ2) is 11.6. The van der Waals surface area contributed by atoms with E-state index in [1.54, 1.807) is 20.2 Å². The van der Waals surface area contributed by atoms with Crippen molar-refractivity contribution in [3.63, 3.8) is 0 Å². The molecule has 0 radical (unpaired) electrons. The number of anilines is 2. The Hall–Kier alpha value is -3.93. The summed E-state index contributed by atoms with van der Waals surface area (Å²) in [6, 6.07) is 15.4. The zero-order valence-electron chi connectivity index (χ0n) is 21.3. The van der Waals surface area contributed by atoms with Gasteiger partial charge in [0.05, 0.1) is 37.3 Å². The molecule has 1 aliphatic rings. The Balaban J connectivity index is 1.33. The maximum atomic E-state index is 12.7. The number of hydroxylamine groups is 1. The average Bonchev–Trinajstić information content (AvgIpc) is 3.66. The van der Waals surface area contributed by atoms with Gasteiger partial charge in [-0.15, -0.1) is 10.2 Å². The van der Waals surface area contributed by atoms with E-state index in [9.17, 15) is 4.39 Å². The number of hydrogen-bond donors (Lipinski definition) is 2. The van der Waals surface area contributed by atoms with Crippen LogP contribution in [0.15, 0.2) is 59.1 Å². The summed E-state index contributed by atoms with van der Waals surface area (Å²) >= 11 is 0. The Morgan fingerprint density at radius 2 is 1.84 bits per heavy atom. The first-order valence-corrected chi connectivity index (χ1v) is 12.4. The molecule has 5 rings (SSSR count). The monoisotopic (exact) mass is 519 g/mol. The highest BCUT2D eigenvalue weighted by atomic mass is 19.1. The number of nitrogens with zero attached hydrogens (tertiary/aromatic N) is 5. The molecule has 38 heavy (non-hydrogen) atoms. The van der Waals surface area contributed by atoms with Gasteiger partial charge in [0.25, 0.3) is 5.89 Å². The molecule has 2 atom stereocenters. The summed E-state index contributed by atoms with van der Waals surface area (Å²) in [6.07, 6.45) is 2.52. The minimum absolute atomic E-state index is 0.178. The maximum absolute atomic E-state index is 12.7. The SMILES string of the molecule is CON(c1ccc(-c2cnc(N)c(-c3nnc(-c4ccc(CNC(C)CF)cc4)o3)n2)cc1)C1CCOC1. The second-order valence-electron chi connectivity index (χ2n) is 9.11. The molecular formula is C27H30FN7O3. The van der Waals surface area contributed by atoms with E-state index in [1.807, 2.05) is 53.6 Å². The average molecular weight is 520 g/mol. The molecule has 0 bridgehead atoms. The van der Waals surface area contributed by atoms with Crippen molar-refractivity contribution < 1.29 is 18.4 Å². The van der Waals surface area contributed by atoms with Crippen molar-refractivity contribution >= 4 is 11.5 Å². The minimum atomic E-state index is -0.413. The van der Waals surface area contributed by atoms with Crippen LogP contribution in [0.1, 0.15) is 18.9 Å². The summed E-state index contributed by atoms with van der Waals surface area (Å²) in [4.78, 5) is 14.6. The predicted molar refractivity (Wildman–Crippen MR) is 142 cm³/mol. The topological polar surface area (TPSA) is 124 Å². The third-order valence-electron chi connectivity index (χ3n) is 6.37. The fourth-order valence-electron chi connectivity index (χ4n) is 4.19. The Morgan fingerprint density at radius 1 is 1.11 bits per heavy atom. The third kappa shape index (κ3) is 5.64. The first kappa shape index (κ1) is 25.7. The standard InChI is InChI=1S/C27H30FN7O3/c1-17(13-28)30-14-18-3-5-20(6-4-18)26-33-34-27(38-26)24-25(29)31-15-23(32-24)19-7-9-21(10-8-19)35(36-2)22-11-12-37-16-22/h3-10,15,17,22,30H,11-14,16H2,1-2H3,(H2,29,31). The summed E-state index contributed by atoms with van der Waals surface area (Å²) < 4.78 is 24.1. The number of ether oxygens (including phenoxy) is 1. The maximum Gasteiger partial charge on any atom is 0.270 e. The van der Waals surface area contributed by atoms with Gasteiger partial charge in [0.1, 0.15) is 6.67 Å². The van der Waals surface area contributed by atoms with Gasteiger partial charge in [-0.25, -0.2) is 19.4 Å². The first-order chi connectivity index (χ1) is 18.6. The van der Waals surface area contributed by atoms with Crippen LogP contribution in [0.3, 0.4) is 0 Å². The third-order valence-corrected chi connectivity index (χ3v) is 6.37. The minimum Gasteiger partial charge on any atom is -0.414 e. The van der Waals surface area contributed by atoms with Gasteiger partial charge in [-0.05, 0) is 43.2 Å². The van der Waals surface area contributed by atoms with Crippen molar-refractivity contribution in [2.45, 2.75) is 32.0 Å². The van der Waals surface area contributed by atoms with Gasteiger partial charge in [-0.3, -0.25) is 4.84 Å². The van der Waals surface area contributed by atoms with Crippen LogP contribution >= 0.6 is 0 Å². The van der Waals surface area contributed by atoms with Crippen LogP contribution in [-0.2, 0) is 16.1 Å². The van der Waals surface area contributed by atoms with E-state index < -0.39 is 6.67 Å². The van der Waals surface area contributed by atoms with Crippen LogP contribution in [0.25, 0.3) is 34.3 Å². The smallest absolute Gasteiger partial charge is 0.270 e. The summed E-state index contributed by atoms with van der Waals surface area (Å²) in [5.74, 6) is 0.705. The Labute approximate surface area is 220 Å². The van der Waals surface area contributed by atoms with Gasteiger partial charge in [0.2, 0.25) is 5.89 Å². The van der Waals surface area contributed by atoms with Crippen LogP contribution in [0.2, 0.25) is 0 Å². The van der Waals surface area contributed by atoms with Crippen molar-refractivity contribution in [3.8, 4) is 34.3 Å². The zero-order valence-corrected chi connectivity index (χ0v) is 21.3. The lowest BCUT2D eigenvalue weighted by Crippen LogP contribution is -2.34. The van der Waals surface area contributed by atoms with Gasteiger partial charge < -0.3 is 20.2 Å². The number of halogens is 1. The summed E-state index contributed by atoms with van der Waals surface area (Å²) in [5, 5.41) is 13.3. The molecule has 11 heteroatoms. The summed E-state index contributed by atoms with van der Waals surface area (Å²) in [7, 11) is 1.66. The van der Waals surface area contributed by atoms with Crippen LogP contribution in [0.4, 0.5) is 15.9 Å². The Kier molecular flexibility index (Phi) is 7.87. The van der Waals surface area contributed by atoms with Crippen molar-refractivity contribution in [1.82, 2.24) is 25.5 Å². The quantitative estimate of drug-likeness (QED) is 0.297. The molecule has 0 aliphatic carbocycles. The van der Waals surface area contributed by atoms with E-state index in [-0.39, 0.29) is 23.8 Å². The largest absolute Gasteiger partial charge is 0.414 e. The highest BCUT2D eigenvalue weighted by molar-refractivity contribution is 5.69. The summed E-state index contributed by atoms with van der Waals surface area (Å²) in [5.41, 5.74) is 10.6. The van der Waals surface area contributed by atoms with E-state index in [2.05, 4.69) is 25.5 Å². The number of nitrogens with two attached hydrogens (primary N) is 1. The van der Waals surface area contributed by atoms with E-state index in [0.29, 0.717) is 30.4 Å². The number of nitrogens with one attached hydrogen (secondary N) is 1. The molecule has 0 amide bonds. The second-order valence-corrected chi connectivity index (χ2v) is 9.11. The number of rotatable bonds is 10. The van der Waals surface area contributed by atoms with E-state index >= 15 is 0 Å². The molecule has 2 unspecified atom stereocenters. The molecule has 0 saturated carbocycles. The van der Waals surface area contributed by atoms with Crippen LogP contribution < -0.4 is 16.1 Å². The lowest BCUT2D eigenvalue weighted by atomic mass is 10.1. The fourth-order valence-corrected chi connectivity index (χ4v) is 4.19. The van der Waals surface area contributed by atoms with Crippen molar-refractivity contribution in [3.05, 3.63) is 60.3 Å². The number of benzene rings is 2. The molecule has 1 saturated heterocycles. The Morgan fingerprint density at radius 3 is 2.53 bits per heavy atom. The van der Waals surface area contributed by atoms with Gasteiger partial charge in [0.15, 0.2) is 11.5 Å². The fraction of sp³-hybridized carbons (Fsp3) is 0.333. The number of aromatic nitrogens is 4. The van der Waals surface area contributed by atoms with Crippen LogP contribution in [0.5, 0.6) is 0 Å². The van der Waals surface area contributed by atoms with Gasteiger partial charge in [-0.1, -0.05) is 24.3 Å². The molecule has 3 N–H and O–H groups in total. The van der Waals surface area contributed by atoms with Crippen molar-refractivity contribution in [1.29, 1.82) is 0 Å². The van der Waals surface area contributed by atoms with Crippen molar-refractivity contribution in [2.75, 3.05) is 37.8 Å². The molecule has 10 nitrogen and oxygen atoms in total. The lowest BCUT2D eigenvalue weighted by Gasteiger charge is -2.27. The van der Waals surface area contributed by atoms with Crippen LogP contribution in [0, 0.1) is 0 Å². The highest BCUT2D eigenvalue weighted by Crippen LogP contribution is 2.30. The normalized spacial score (nSPS) is 16.0.